The molecule has 2 fully saturated rings. The molecule has 1 saturated heterocycles. The molecule has 1 saturated carbocycles. The fourth-order valence-electron chi connectivity index (χ4n) is 2.60. The van der Waals surface area contributed by atoms with E-state index in [1.54, 1.807) is 0 Å². The SMILES string of the molecule is CC(C)(C)NCc1sc(C2CCCCS2)nc1C1CC1. The van der Waals surface area contributed by atoms with E-state index in [2.05, 4.69) is 37.8 Å². The number of aromatic nitrogens is 1. The van der Waals surface area contributed by atoms with Crippen molar-refractivity contribution in [3.63, 3.8) is 0 Å². The van der Waals surface area contributed by atoms with Crippen LogP contribution in [0.2, 0.25) is 0 Å². The van der Waals surface area contributed by atoms with Gasteiger partial charge in [0.25, 0.3) is 0 Å². The summed E-state index contributed by atoms with van der Waals surface area (Å²) in [7, 11) is 0. The van der Waals surface area contributed by atoms with E-state index in [9.17, 15) is 0 Å². The number of nitrogens with one attached hydrogen (secondary N) is 1. The molecule has 0 amide bonds. The van der Waals surface area contributed by atoms with Crippen LogP contribution in [0.25, 0.3) is 0 Å². The third-order valence-corrected chi connectivity index (χ3v) is 6.66. The Morgan fingerprint density at radius 2 is 2.00 bits per heavy atom. The Morgan fingerprint density at radius 1 is 1.20 bits per heavy atom. The molecule has 1 aliphatic heterocycles. The number of hydrogen-bond donors (Lipinski definition) is 1. The molecule has 1 aromatic heterocycles. The lowest BCUT2D eigenvalue weighted by atomic mass is 10.1. The van der Waals surface area contributed by atoms with Gasteiger partial charge in [0.05, 0.1) is 10.9 Å². The topological polar surface area (TPSA) is 24.9 Å². The van der Waals surface area contributed by atoms with Gasteiger partial charge in [0.1, 0.15) is 5.01 Å². The highest BCUT2D eigenvalue weighted by atomic mass is 32.2. The largest absolute Gasteiger partial charge is 0.307 e. The van der Waals surface area contributed by atoms with Gasteiger partial charge in [-0.3, -0.25) is 0 Å². The van der Waals surface area contributed by atoms with Gasteiger partial charge in [0.2, 0.25) is 0 Å². The van der Waals surface area contributed by atoms with Crippen LogP contribution in [0.3, 0.4) is 0 Å². The molecule has 0 bridgehead atoms. The van der Waals surface area contributed by atoms with Gasteiger partial charge < -0.3 is 5.32 Å². The highest BCUT2D eigenvalue weighted by Gasteiger charge is 2.31. The molecular formula is C16H26N2S2. The van der Waals surface area contributed by atoms with Crippen LogP contribution in [0.5, 0.6) is 0 Å². The molecule has 2 aliphatic rings. The fourth-order valence-corrected chi connectivity index (χ4v) is 5.24. The molecule has 1 unspecified atom stereocenters. The van der Waals surface area contributed by atoms with Crippen LogP contribution in [-0.2, 0) is 6.54 Å². The molecule has 0 radical (unpaired) electrons. The summed E-state index contributed by atoms with van der Waals surface area (Å²) >= 11 is 4.10. The van der Waals surface area contributed by atoms with Gasteiger partial charge in [-0.05, 0) is 52.2 Å². The molecule has 1 N–H and O–H groups in total. The lowest BCUT2D eigenvalue weighted by Gasteiger charge is -2.20. The maximum absolute atomic E-state index is 5.05. The Kier molecular flexibility index (Phi) is 4.44. The minimum Gasteiger partial charge on any atom is -0.307 e. The molecule has 0 aromatic carbocycles. The Balaban J connectivity index is 1.75. The minimum absolute atomic E-state index is 0.185. The number of thiazole rings is 1. The highest BCUT2D eigenvalue weighted by molar-refractivity contribution is 7.99. The van der Waals surface area contributed by atoms with Crippen LogP contribution in [0.1, 0.15) is 79.6 Å². The van der Waals surface area contributed by atoms with E-state index in [0.717, 1.165) is 12.5 Å². The summed E-state index contributed by atoms with van der Waals surface area (Å²) in [5, 5.41) is 5.72. The van der Waals surface area contributed by atoms with E-state index < -0.39 is 0 Å². The monoisotopic (exact) mass is 310 g/mol. The second-order valence-electron chi connectivity index (χ2n) is 7.09. The molecule has 3 rings (SSSR count). The first-order chi connectivity index (χ1) is 9.53. The van der Waals surface area contributed by atoms with Gasteiger partial charge in [-0.15, -0.1) is 11.3 Å². The smallest absolute Gasteiger partial charge is 0.106 e. The Morgan fingerprint density at radius 3 is 2.60 bits per heavy atom. The molecule has 2 nitrogen and oxygen atoms in total. The van der Waals surface area contributed by atoms with Crippen molar-refractivity contribution in [1.82, 2.24) is 10.3 Å². The summed E-state index contributed by atoms with van der Waals surface area (Å²) in [6.07, 6.45) is 6.80. The lowest BCUT2D eigenvalue weighted by molar-refractivity contribution is 0.425. The van der Waals surface area contributed by atoms with Crippen LogP contribution in [0.4, 0.5) is 0 Å². The molecule has 0 spiro atoms. The lowest BCUT2D eigenvalue weighted by Crippen LogP contribution is -2.35. The van der Waals surface area contributed by atoms with Gasteiger partial charge in [0, 0.05) is 22.9 Å². The summed E-state index contributed by atoms with van der Waals surface area (Å²) in [5.41, 5.74) is 1.61. The fraction of sp³-hybridized carbons (Fsp3) is 0.812. The van der Waals surface area contributed by atoms with Gasteiger partial charge in [-0.2, -0.15) is 11.8 Å². The number of hydrogen-bond acceptors (Lipinski definition) is 4. The molecule has 2 heterocycles. The second kappa shape index (κ2) is 5.98. The van der Waals surface area contributed by atoms with Gasteiger partial charge in [-0.25, -0.2) is 4.98 Å². The predicted octanol–water partition coefficient (Wildman–Crippen LogP) is 4.87. The van der Waals surface area contributed by atoms with E-state index in [1.807, 2.05) is 11.3 Å². The molecule has 1 aliphatic carbocycles. The summed E-state index contributed by atoms with van der Waals surface area (Å²) in [6.45, 7) is 7.71. The third-order valence-electron chi connectivity index (χ3n) is 3.94. The van der Waals surface area contributed by atoms with Crippen molar-refractivity contribution >= 4 is 23.1 Å². The first kappa shape index (κ1) is 14.9. The minimum atomic E-state index is 0.185. The van der Waals surface area contributed by atoms with Crippen molar-refractivity contribution in [3.8, 4) is 0 Å². The summed E-state index contributed by atoms with van der Waals surface area (Å²) < 4.78 is 0. The average molecular weight is 311 g/mol. The Bertz CT molecular complexity index is 452. The predicted molar refractivity (Wildman–Crippen MR) is 89.7 cm³/mol. The van der Waals surface area contributed by atoms with Crippen molar-refractivity contribution in [3.05, 3.63) is 15.6 Å². The standard InChI is InChI=1S/C16H26N2S2/c1-16(2,3)17-10-13-14(11-7-8-11)18-15(20-13)12-6-4-5-9-19-12/h11-12,17H,4-10H2,1-3H3. The zero-order valence-corrected chi connectivity index (χ0v) is 14.5. The number of nitrogens with zero attached hydrogens (tertiary/aromatic N) is 1. The number of thioether (sulfide) groups is 1. The first-order valence-electron chi connectivity index (χ1n) is 7.89. The van der Waals surface area contributed by atoms with Crippen LogP contribution in [0, 0.1) is 0 Å². The summed E-state index contributed by atoms with van der Waals surface area (Å²) in [5.74, 6) is 2.09. The van der Waals surface area contributed by atoms with E-state index in [4.69, 9.17) is 4.98 Å². The molecule has 20 heavy (non-hydrogen) atoms. The molecule has 1 atom stereocenters. The average Bonchev–Trinajstić information content (AvgIpc) is 3.17. The van der Waals surface area contributed by atoms with Crippen molar-refractivity contribution in [2.24, 2.45) is 0 Å². The summed E-state index contributed by atoms with van der Waals surface area (Å²) in [6, 6.07) is 0. The molecule has 112 valence electrons. The van der Waals surface area contributed by atoms with Crippen molar-refractivity contribution < 1.29 is 0 Å². The third kappa shape index (κ3) is 3.77. The van der Waals surface area contributed by atoms with E-state index in [-0.39, 0.29) is 5.54 Å². The molecule has 1 aromatic rings. The zero-order chi connectivity index (χ0) is 14.2. The second-order valence-corrected chi connectivity index (χ2v) is 9.52. The van der Waals surface area contributed by atoms with Crippen molar-refractivity contribution in [2.75, 3.05) is 5.75 Å². The van der Waals surface area contributed by atoms with Gasteiger partial charge in [-0.1, -0.05) is 6.42 Å². The maximum Gasteiger partial charge on any atom is 0.106 e. The highest BCUT2D eigenvalue weighted by Crippen LogP contribution is 2.46. The maximum atomic E-state index is 5.05. The molecular weight excluding hydrogens is 284 g/mol. The van der Waals surface area contributed by atoms with Crippen LogP contribution < -0.4 is 5.32 Å². The van der Waals surface area contributed by atoms with Crippen LogP contribution >= 0.6 is 23.1 Å². The van der Waals surface area contributed by atoms with Gasteiger partial charge >= 0.3 is 0 Å². The van der Waals surface area contributed by atoms with E-state index in [0.29, 0.717) is 5.25 Å². The first-order valence-corrected chi connectivity index (χ1v) is 9.75. The quantitative estimate of drug-likeness (QED) is 0.859. The van der Waals surface area contributed by atoms with Crippen molar-refractivity contribution in [2.45, 2.75) is 76.1 Å². The summed E-state index contributed by atoms with van der Waals surface area (Å²) in [4.78, 5) is 6.56. The van der Waals surface area contributed by atoms with Crippen LogP contribution in [-0.4, -0.2) is 16.3 Å². The Hall–Kier alpha value is -0.0600. The van der Waals surface area contributed by atoms with Crippen molar-refractivity contribution in [1.29, 1.82) is 0 Å². The van der Waals surface area contributed by atoms with Gasteiger partial charge in [0.15, 0.2) is 0 Å². The van der Waals surface area contributed by atoms with E-state index >= 15 is 0 Å². The van der Waals surface area contributed by atoms with E-state index in [1.165, 1.54) is 53.4 Å². The normalized spacial score (nSPS) is 24.1. The zero-order valence-electron chi connectivity index (χ0n) is 12.9. The number of rotatable bonds is 4. The molecule has 4 heteroatoms. The van der Waals surface area contributed by atoms with Crippen LogP contribution in [0.15, 0.2) is 0 Å². The Labute approximate surface area is 131 Å².